The van der Waals surface area contributed by atoms with Crippen LogP contribution in [-0.4, -0.2) is 48.4 Å². The van der Waals surface area contributed by atoms with Gasteiger partial charge >= 0.3 is 0 Å². The zero-order valence-corrected chi connectivity index (χ0v) is 15.6. The number of primary amides is 1. The third kappa shape index (κ3) is 3.65. The van der Waals surface area contributed by atoms with E-state index in [1.165, 1.54) is 16.9 Å². The third-order valence-electron chi connectivity index (χ3n) is 4.54. The second-order valence-corrected chi connectivity index (χ2v) is 6.49. The van der Waals surface area contributed by atoms with Crippen molar-refractivity contribution >= 4 is 28.6 Å². The van der Waals surface area contributed by atoms with Crippen LogP contribution in [0.3, 0.4) is 0 Å². The molecule has 0 aliphatic carbocycles. The summed E-state index contributed by atoms with van der Waals surface area (Å²) in [6.07, 6.45) is 6.36. The molecular formula is C20H17N7O3. The Morgan fingerprint density at radius 2 is 1.90 bits per heavy atom. The minimum atomic E-state index is -1.16. The Bertz CT molecular complexity index is 1230. The first-order chi connectivity index (χ1) is 14.5. The van der Waals surface area contributed by atoms with Crippen molar-refractivity contribution < 1.29 is 14.4 Å². The number of nitrogens with one attached hydrogen (secondary N) is 2. The number of nitrogens with two attached hydrogens (primary N) is 1. The first-order valence-electron chi connectivity index (χ1n) is 9.05. The Hall–Kier alpha value is -4.34. The van der Waals surface area contributed by atoms with Gasteiger partial charge in [0.15, 0.2) is 5.82 Å². The highest BCUT2D eigenvalue weighted by molar-refractivity contribution is 6.38. The number of aromatic nitrogens is 5. The molecule has 2 amide bonds. The number of rotatable bonds is 7. The van der Waals surface area contributed by atoms with E-state index in [0.717, 1.165) is 5.52 Å². The Morgan fingerprint density at radius 3 is 2.67 bits per heavy atom. The van der Waals surface area contributed by atoms with Gasteiger partial charge in [0.1, 0.15) is 11.7 Å². The zero-order valence-electron chi connectivity index (χ0n) is 15.6. The molecule has 4 aromatic rings. The van der Waals surface area contributed by atoms with E-state index in [2.05, 4.69) is 25.4 Å². The van der Waals surface area contributed by atoms with E-state index in [-0.39, 0.29) is 12.1 Å². The van der Waals surface area contributed by atoms with Crippen molar-refractivity contribution in [1.29, 1.82) is 0 Å². The van der Waals surface area contributed by atoms with Crippen molar-refractivity contribution in [2.24, 2.45) is 5.73 Å². The molecule has 0 fully saturated rings. The minimum Gasteiger partial charge on any atom is -0.363 e. The van der Waals surface area contributed by atoms with Crippen LogP contribution in [-0.2, 0) is 16.0 Å². The number of hydrogen-bond acceptors (Lipinski definition) is 6. The molecule has 0 spiro atoms. The maximum absolute atomic E-state index is 12.9. The summed E-state index contributed by atoms with van der Waals surface area (Å²) in [4.78, 5) is 48.4. The number of carbonyl (C=O) groups is 3. The number of amides is 2. The van der Waals surface area contributed by atoms with Crippen LogP contribution >= 0.6 is 0 Å². The fourth-order valence-electron chi connectivity index (χ4n) is 3.14. The van der Waals surface area contributed by atoms with Gasteiger partial charge in [0, 0.05) is 25.0 Å². The predicted molar refractivity (Wildman–Crippen MR) is 107 cm³/mol. The number of ketones is 1. The van der Waals surface area contributed by atoms with E-state index in [0.29, 0.717) is 16.9 Å². The highest BCUT2D eigenvalue weighted by Gasteiger charge is 2.28. The molecule has 0 aromatic carbocycles. The van der Waals surface area contributed by atoms with Gasteiger partial charge in [-0.2, -0.15) is 5.10 Å². The predicted octanol–water partition coefficient (Wildman–Crippen LogP) is 0.539. The number of Topliss-reactive ketones (excluding diaryl/α,β-unsaturated/α-hetero) is 1. The molecule has 4 N–H and O–H groups in total. The topological polar surface area (TPSA) is 149 Å². The highest BCUT2D eigenvalue weighted by atomic mass is 16.2. The van der Waals surface area contributed by atoms with E-state index < -0.39 is 23.6 Å². The van der Waals surface area contributed by atoms with Crippen LogP contribution in [0.25, 0.3) is 16.9 Å². The Labute approximate surface area is 170 Å². The summed E-state index contributed by atoms with van der Waals surface area (Å²) >= 11 is 0. The van der Waals surface area contributed by atoms with Crippen LogP contribution in [0.15, 0.2) is 61.2 Å². The molecule has 0 aliphatic rings. The average molecular weight is 403 g/mol. The molecule has 1 atom stereocenters. The summed E-state index contributed by atoms with van der Waals surface area (Å²) in [5, 5.41) is 6.71. The number of fused-ring (bicyclic) bond motifs is 1. The molecule has 0 aliphatic heterocycles. The van der Waals surface area contributed by atoms with Gasteiger partial charge in [-0.1, -0.05) is 6.07 Å². The number of pyridine rings is 2. The van der Waals surface area contributed by atoms with Crippen LogP contribution in [0.2, 0.25) is 0 Å². The summed E-state index contributed by atoms with van der Waals surface area (Å²) < 4.78 is 1.34. The molecule has 150 valence electrons. The Kier molecular flexibility index (Phi) is 5.04. The summed E-state index contributed by atoms with van der Waals surface area (Å²) in [7, 11) is 0. The van der Waals surface area contributed by atoms with Gasteiger partial charge in [-0.15, -0.1) is 0 Å². The molecule has 0 saturated heterocycles. The molecule has 30 heavy (non-hydrogen) atoms. The quantitative estimate of drug-likeness (QED) is 0.384. The molecule has 10 nitrogen and oxygen atoms in total. The number of carbonyl (C=O) groups excluding carboxylic acids is 3. The number of hydrogen-bond donors (Lipinski definition) is 3. The summed E-state index contributed by atoms with van der Waals surface area (Å²) in [6, 6.07) is 9.12. The Morgan fingerprint density at radius 1 is 1.07 bits per heavy atom. The fraction of sp³-hybridized carbons (Fsp3) is 0.100. The fourth-order valence-corrected chi connectivity index (χ4v) is 3.14. The first kappa shape index (κ1) is 19.0. The van der Waals surface area contributed by atoms with Crippen LogP contribution in [0.1, 0.15) is 16.1 Å². The molecule has 4 rings (SSSR count). The lowest BCUT2D eigenvalue weighted by atomic mass is 10.0. The van der Waals surface area contributed by atoms with Crippen molar-refractivity contribution in [3.63, 3.8) is 0 Å². The lowest BCUT2D eigenvalue weighted by molar-refractivity contribution is -0.137. The maximum atomic E-state index is 12.9. The molecule has 0 radical (unpaired) electrons. The van der Waals surface area contributed by atoms with Crippen molar-refractivity contribution in [2.45, 2.75) is 12.5 Å². The van der Waals surface area contributed by atoms with E-state index >= 15 is 0 Å². The first-order valence-corrected chi connectivity index (χ1v) is 9.05. The van der Waals surface area contributed by atoms with Gasteiger partial charge in [-0.25, -0.2) is 9.67 Å². The Balaban J connectivity index is 1.62. The van der Waals surface area contributed by atoms with Crippen LogP contribution in [0, 0.1) is 0 Å². The normalized spacial score (nSPS) is 11.9. The van der Waals surface area contributed by atoms with E-state index in [1.54, 1.807) is 42.9 Å². The minimum absolute atomic E-state index is 0.0439. The third-order valence-corrected chi connectivity index (χ3v) is 4.54. The van der Waals surface area contributed by atoms with Gasteiger partial charge < -0.3 is 16.0 Å². The smallest absolute Gasteiger partial charge is 0.287 e. The van der Waals surface area contributed by atoms with Gasteiger partial charge in [-0.05, 0) is 35.9 Å². The molecule has 10 heteroatoms. The maximum Gasteiger partial charge on any atom is 0.287 e. The lowest BCUT2D eigenvalue weighted by Crippen LogP contribution is -2.47. The van der Waals surface area contributed by atoms with Gasteiger partial charge in [-0.3, -0.25) is 19.4 Å². The van der Waals surface area contributed by atoms with Gasteiger partial charge in [0.25, 0.3) is 11.8 Å². The van der Waals surface area contributed by atoms with Crippen molar-refractivity contribution in [3.05, 3.63) is 72.4 Å². The molecule has 4 heterocycles. The number of aromatic amines is 1. The van der Waals surface area contributed by atoms with E-state index in [9.17, 15) is 14.4 Å². The van der Waals surface area contributed by atoms with Crippen LogP contribution < -0.4 is 11.1 Å². The van der Waals surface area contributed by atoms with E-state index in [1.807, 2.05) is 6.07 Å². The van der Waals surface area contributed by atoms with Gasteiger partial charge in [0.05, 0.1) is 17.2 Å². The summed E-state index contributed by atoms with van der Waals surface area (Å²) in [5.41, 5.74) is 7.45. The standard InChI is InChI=1S/C20H17N7O3/c21-19(29)18(28)14(10-12-11-24-13-4-3-8-23-17(12)13)26-20(30)15-6-9-25-27(15)16-5-1-2-7-22-16/h1-9,11,14,24H,10H2,(H2,21,29)(H,26,30). The molecule has 1 unspecified atom stereocenters. The average Bonchev–Trinajstić information content (AvgIpc) is 3.41. The monoisotopic (exact) mass is 403 g/mol. The van der Waals surface area contributed by atoms with Crippen molar-refractivity contribution in [3.8, 4) is 5.82 Å². The van der Waals surface area contributed by atoms with Crippen LogP contribution in [0.4, 0.5) is 0 Å². The largest absolute Gasteiger partial charge is 0.363 e. The molecular weight excluding hydrogens is 386 g/mol. The number of H-pyrrole nitrogens is 1. The highest BCUT2D eigenvalue weighted by Crippen LogP contribution is 2.17. The molecule has 4 aromatic heterocycles. The second-order valence-electron chi connectivity index (χ2n) is 6.49. The SMILES string of the molecule is NC(=O)C(=O)C(Cc1c[nH]c2cccnc12)NC(=O)c1ccnn1-c1ccccn1. The summed E-state index contributed by atoms with van der Waals surface area (Å²) in [5.74, 6) is -2.19. The molecule has 0 bridgehead atoms. The van der Waals surface area contributed by atoms with Crippen molar-refractivity contribution in [2.75, 3.05) is 0 Å². The lowest BCUT2D eigenvalue weighted by Gasteiger charge is -2.16. The van der Waals surface area contributed by atoms with Crippen molar-refractivity contribution in [1.82, 2.24) is 30.0 Å². The summed E-state index contributed by atoms with van der Waals surface area (Å²) in [6.45, 7) is 0. The van der Waals surface area contributed by atoms with Gasteiger partial charge in [0.2, 0.25) is 5.78 Å². The zero-order chi connectivity index (χ0) is 21.1. The van der Waals surface area contributed by atoms with Crippen LogP contribution in [0.5, 0.6) is 0 Å². The number of nitrogens with zero attached hydrogens (tertiary/aromatic N) is 4. The van der Waals surface area contributed by atoms with E-state index in [4.69, 9.17) is 5.73 Å². The molecule has 0 saturated carbocycles. The second kappa shape index (κ2) is 7.95.